The Morgan fingerprint density at radius 3 is 2.50 bits per heavy atom. The first-order valence-corrected chi connectivity index (χ1v) is 9.36. The highest BCUT2D eigenvalue weighted by Gasteiger charge is 2.36. The SMILES string of the molecule is CCC(CNC(=NC)NCC1(CCOC)CCC1)Oc1ccccc1.I. The van der Waals surface area contributed by atoms with Crippen LogP contribution in [-0.2, 0) is 4.74 Å². The van der Waals surface area contributed by atoms with Gasteiger partial charge in [0.1, 0.15) is 11.9 Å². The summed E-state index contributed by atoms with van der Waals surface area (Å²) in [6, 6.07) is 9.97. The zero-order chi connectivity index (χ0) is 18.0. The Labute approximate surface area is 175 Å². The van der Waals surface area contributed by atoms with Gasteiger partial charge in [-0.1, -0.05) is 31.5 Å². The van der Waals surface area contributed by atoms with Gasteiger partial charge in [-0.2, -0.15) is 0 Å². The molecule has 2 N–H and O–H groups in total. The van der Waals surface area contributed by atoms with Gasteiger partial charge in [0, 0.05) is 27.3 Å². The number of benzene rings is 1. The van der Waals surface area contributed by atoms with E-state index in [1.54, 1.807) is 7.11 Å². The molecule has 1 aromatic carbocycles. The molecule has 0 aromatic heterocycles. The maximum Gasteiger partial charge on any atom is 0.191 e. The average molecular weight is 475 g/mol. The van der Waals surface area contributed by atoms with Gasteiger partial charge in [0.25, 0.3) is 0 Å². The molecule has 0 spiro atoms. The van der Waals surface area contributed by atoms with Gasteiger partial charge in [-0.3, -0.25) is 4.99 Å². The second-order valence-electron chi connectivity index (χ2n) is 6.86. The van der Waals surface area contributed by atoms with Crippen LogP contribution >= 0.6 is 24.0 Å². The van der Waals surface area contributed by atoms with Crippen molar-refractivity contribution in [2.75, 3.05) is 33.9 Å². The molecule has 1 aliphatic carbocycles. The monoisotopic (exact) mass is 475 g/mol. The molecule has 1 fully saturated rings. The van der Waals surface area contributed by atoms with Crippen LogP contribution in [0.2, 0.25) is 0 Å². The summed E-state index contributed by atoms with van der Waals surface area (Å²) in [6.07, 6.45) is 6.04. The zero-order valence-electron chi connectivity index (χ0n) is 16.3. The fourth-order valence-corrected chi connectivity index (χ4v) is 3.17. The van der Waals surface area contributed by atoms with Gasteiger partial charge in [-0.05, 0) is 43.2 Å². The van der Waals surface area contributed by atoms with Gasteiger partial charge < -0.3 is 20.1 Å². The molecular formula is C20H34IN3O2. The summed E-state index contributed by atoms with van der Waals surface area (Å²) >= 11 is 0. The van der Waals surface area contributed by atoms with Gasteiger partial charge >= 0.3 is 0 Å². The van der Waals surface area contributed by atoms with Crippen molar-refractivity contribution in [2.24, 2.45) is 10.4 Å². The topological polar surface area (TPSA) is 54.9 Å². The summed E-state index contributed by atoms with van der Waals surface area (Å²) in [5.41, 5.74) is 0.373. The second-order valence-corrected chi connectivity index (χ2v) is 6.86. The van der Waals surface area contributed by atoms with Crippen molar-refractivity contribution in [1.29, 1.82) is 0 Å². The van der Waals surface area contributed by atoms with Crippen LogP contribution in [0.5, 0.6) is 5.75 Å². The Balaban J connectivity index is 0.00000338. The first kappa shape index (κ1) is 23.0. The van der Waals surface area contributed by atoms with Crippen molar-refractivity contribution in [2.45, 2.75) is 45.1 Å². The molecular weight excluding hydrogens is 441 g/mol. The highest BCUT2D eigenvalue weighted by atomic mass is 127. The lowest BCUT2D eigenvalue weighted by atomic mass is 9.67. The smallest absolute Gasteiger partial charge is 0.191 e. The van der Waals surface area contributed by atoms with Crippen molar-refractivity contribution in [3.05, 3.63) is 30.3 Å². The van der Waals surface area contributed by atoms with Crippen molar-refractivity contribution in [3.63, 3.8) is 0 Å². The largest absolute Gasteiger partial charge is 0.489 e. The molecule has 5 nitrogen and oxygen atoms in total. The predicted octanol–water partition coefficient (Wildman–Crippen LogP) is 3.83. The van der Waals surface area contributed by atoms with Gasteiger partial charge in [-0.25, -0.2) is 0 Å². The van der Waals surface area contributed by atoms with Crippen molar-refractivity contribution >= 4 is 29.9 Å². The van der Waals surface area contributed by atoms with Gasteiger partial charge in [-0.15, -0.1) is 24.0 Å². The zero-order valence-corrected chi connectivity index (χ0v) is 18.6. The third-order valence-electron chi connectivity index (χ3n) is 5.10. The standard InChI is InChI=1S/C20H33N3O2.HI/c1-4-17(25-18-9-6-5-7-10-18)15-22-19(21-2)23-16-20(11-8-12-20)13-14-24-3;/h5-7,9-10,17H,4,8,11-16H2,1-3H3,(H2,21,22,23);1H. The number of hydrogen-bond donors (Lipinski definition) is 2. The van der Waals surface area contributed by atoms with Crippen LogP contribution in [0.3, 0.4) is 0 Å². The summed E-state index contributed by atoms with van der Waals surface area (Å²) in [7, 11) is 3.59. The van der Waals surface area contributed by atoms with E-state index in [0.29, 0.717) is 5.41 Å². The van der Waals surface area contributed by atoms with E-state index in [4.69, 9.17) is 9.47 Å². The van der Waals surface area contributed by atoms with Crippen molar-refractivity contribution in [3.8, 4) is 5.75 Å². The number of ether oxygens (including phenoxy) is 2. The van der Waals surface area contributed by atoms with Crippen LogP contribution in [0.15, 0.2) is 35.3 Å². The molecule has 0 saturated heterocycles. The number of para-hydroxylation sites is 1. The number of rotatable bonds is 10. The van der Waals surface area contributed by atoms with Crippen molar-refractivity contribution < 1.29 is 9.47 Å². The minimum absolute atomic E-state index is 0. The van der Waals surface area contributed by atoms with Gasteiger partial charge in [0.2, 0.25) is 0 Å². The summed E-state index contributed by atoms with van der Waals surface area (Å²) in [4.78, 5) is 4.35. The number of nitrogens with zero attached hydrogens (tertiary/aromatic N) is 1. The van der Waals surface area contributed by atoms with Crippen LogP contribution in [-0.4, -0.2) is 45.9 Å². The molecule has 2 rings (SSSR count). The minimum atomic E-state index is 0. The molecule has 1 unspecified atom stereocenters. The van der Waals surface area contributed by atoms with E-state index in [2.05, 4.69) is 22.5 Å². The molecule has 6 heteroatoms. The predicted molar refractivity (Wildman–Crippen MR) is 119 cm³/mol. The molecule has 26 heavy (non-hydrogen) atoms. The molecule has 0 heterocycles. The van der Waals surface area contributed by atoms with Gasteiger partial charge in [0.15, 0.2) is 5.96 Å². The van der Waals surface area contributed by atoms with Gasteiger partial charge in [0.05, 0.1) is 6.54 Å². The lowest BCUT2D eigenvalue weighted by Gasteiger charge is -2.42. The molecule has 0 amide bonds. The molecule has 0 radical (unpaired) electrons. The van der Waals surface area contributed by atoms with E-state index in [9.17, 15) is 0 Å². The molecule has 0 aliphatic heterocycles. The fourth-order valence-electron chi connectivity index (χ4n) is 3.17. The normalized spacial score (nSPS) is 16.8. The van der Waals surface area contributed by atoms with E-state index in [-0.39, 0.29) is 30.1 Å². The van der Waals surface area contributed by atoms with Crippen LogP contribution in [0, 0.1) is 5.41 Å². The lowest BCUT2D eigenvalue weighted by molar-refractivity contribution is 0.0732. The number of guanidine groups is 1. The van der Waals surface area contributed by atoms with E-state index in [1.807, 2.05) is 37.4 Å². The van der Waals surface area contributed by atoms with Crippen LogP contribution in [0.4, 0.5) is 0 Å². The average Bonchev–Trinajstić information content (AvgIpc) is 2.62. The fraction of sp³-hybridized carbons (Fsp3) is 0.650. The quantitative estimate of drug-likeness (QED) is 0.307. The van der Waals surface area contributed by atoms with E-state index >= 15 is 0 Å². The number of aliphatic imine (C=N–C) groups is 1. The Morgan fingerprint density at radius 2 is 1.96 bits per heavy atom. The lowest BCUT2D eigenvalue weighted by Crippen LogP contribution is -2.48. The maximum atomic E-state index is 6.03. The molecule has 1 atom stereocenters. The van der Waals surface area contributed by atoms with Crippen LogP contribution < -0.4 is 15.4 Å². The molecule has 1 aliphatic rings. The van der Waals surface area contributed by atoms with E-state index in [0.717, 1.165) is 44.2 Å². The number of hydrogen-bond acceptors (Lipinski definition) is 3. The summed E-state index contributed by atoms with van der Waals surface area (Å²) in [5, 5.41) is 6.89. The number of methoxy groups -OCH3 is 1. The molecule has 1 aromatic rings. The molecule has 0 bridgehead atoms. The Bertz CT molecular complexity index is 521. The number of halogens is 1. The molecule has 1 saturated carbocycles. The van der Waals surface area contributed by atoms with Crippen molar-refractivity contribution in [1.82, 2.24) is 10.6 Å². The van der Waals surface area contributed by atoms with E-state index in [1.165, 1.54) is 19.3 Å². The highest BCUT2D eigenvalue weighted by Crippen LogP contribution is 2.43. The van der Waals surface area contributed by atoms with Crippen LogP contribution in [0.1, 0.15) is 39.0 Å². The Morgan fingerprint density at radius 1 is 1.23 bits per heavy atom. The Hall–Kier alpha value is -1.02. The number of nitrogens with one attached hydrogen (secondary N) is 2. The maximum absolute atomic E-state index is 6.03. The summed E-state index contributed by atoms with van der Waals surface area (Å²) in [5.74, 6) is 1.76. The third-order valence-corrected chi connectivity index (χ3v) is 5.10. The summed E-state index contributed by atoms with van der Waals surface area (Å²) < 4.78 is 11.3. The highest BCUT2D eigenvalue weighted by molar-refractivity contribution is 14.0. The third kappa shape index (κ3) is 7.31. The first-order chi connectivity index (χ1) is 12.2. The van der Waals surface area contributed by atoms with Crippen LogP contribution in [0.25, 0.3) is 0 Å². The Kier molecular flexibility index (Phi) is 11.0. The second kappa shape index (κ2) is 12.4. The minimum Gasteiger partial charge on any atom is -0.489 e. The van der Waals surface area contributed by atoms with E-state index < -0.39 is 0 Å². The first-order valence-electron chi connectivity index (χ1n) is 9.36. The molecule has 148 valence electrons. The summed E-state index contributed by atoms with van der Waals surface area (Å²) in [6.45, 7) is 4.65.